The Morgan fingerprint density at radius 2 is 1.88 bits per heavy atom. The SMILES string of the molecule is C[C@]1(CO)Cc2nnc(C3(c4ccc(-c5ccc(S(C)(=O)=O)cc5)nc4)CC3)n2CCS1. The fourth-order valence-electron chi connectivity index (χ4n) is 4.41. The fourth-order valence-corrected chi connectivity index (χ4v) is 6.13. The Balaban J connectivity index is 1.43. The third-order valence-electron chi connectivity index (χ3n) is 6.53. The molecule has 1 atom stereocenters. The summed E-state index contributed by atoms with van der Waals surface area (Å²) < 4.78 is 25.4. The number of nitrogens with zero attached hydrogens (tertiary/aromatic N) is 4. The highest BCUT2D eigenvalue weighted by Crippen LogP contribution is 2.53. The zero-order valence-electron chi connectivity index (χ0n) is 18.2. The van der Waals surface area contributed by atoms with E-state index >= 15 is 0 Å². The molecule has 2 aromatic heterocycles. The molecule has 1 aliphatic heterocycles. The molecule has 0 spiro atoms. The zero-order chi connectivity index (χ0) is 22.6. The summed E-state index contributed by atoms with van der Waals surface area (Å²) >= 11 is 1.80. The van der Waals surface area contributed by atoms with E-state index in [0.717, 1.165) is 53.6 Å². The molecule has 0 radical (unpaired) electrons. The lowest BCUT2D eigenvalue weighted by Crippen LogP contribution is -2.28. The van der Waals surface area contributed by atoms with Gasteiger partial charge in [0.15, 0.2) is 9.84 Å². The normalized spacial score (nSPS) is 22.2. The standard InChI is InChI=1S/C23H26N4O3S2/c1-22(15-28)13-20-25-26-21(27(20)11-12-31-22)23(9-10-23)17-5-8-19(24-14-17)16-3-6-18(7-4-16)32(2,29)30/h3-8,14,28H,9-13,15H2,1-2H3/t22-/m1/s1. The first-order valence-electron chi connectivity index (χ1n) is 10.7. The molecule has 2 aliphatic rings. The van der Waals surface area contributed by atoms with E-state index in [-0.39, 0.29) is 16.8 Å². The number of fused-ring (bicyclic) bond motifs is 1. The van der Waals surface area contributed by atoms with Gasteiger partial charge in [0, 0.05) is 41.5 Å². The second-order valence-corrected chi connectivity index (χ2v) is 12.7. The molecule has 0 bridgehead atoms. The maximum Gasteiger partial charge on any atom is 0.175 e. The monoisotopic (exact) mass is 470 g/mol. The molecule has 1 saturated carbocycles. The molecule has 0 saturated heterocycles. The molecule has 9 heteroatoms. The molecule has 168 valence electrons. The second-order valence-electron chi connectivity index (χ2n) is 9.04. The molecule has 7 nitrogen and oxygen atoms in total. The van der Waals surface area contributed by atoms with Gasteiger partial charge in [-0.2, -0.15) is 11.8 Å². The van der Waals surface area contributed by atoms with Gasteiger partial charge in [0.25, 0.3) is 0 Å². The van der Waals surface area contributed by atoms with Crippen LogP contribution in [0.4, 0.5) is 0 Å². The molecule has 3 aromatic rings. The molecule has 3 heterocycles. The van der Waals surface area contributed by atoms with Crippen LogP contribution < -0.4 is 0 Å². The largest absolute Gasteiger partial charge is 0.395 e. The summed E-state index contributed by atoms with van der Waals surface area (Å²) in [5.74, 6) is 2.87. The lowest BCUT2D eigenvalue weighted by Gasteiger charge is -2.23. The van der Waals surface area contributed by atoms with Crippen LogP contribution in [-0.2, 0) is 28.2 Å². The Labute approximate surface area is 192 Å². The van der Waals surface area contributed by atoms with Crippen molar-refractivity contribution in [2.45, 2.75) is 47.8 Å². The average Bonchev–Trinajstić information content (AvgIpc) is 3.53. The number of thioether (sulfide) groups is 1. The summed E-state index contributed by atoms with van der Waals surface area (Å²) in [7, 11) is -3.22. The lowest BCUT2D eigenvalue weighted by molar-refractivity contribution is 0.254. The number of hydrogen-bond donors (Lipinski definition) is 1. The maximum absolute atomic E-state index is 11.7. The van der Waals surface area contributed by atoms with Crippen LogP contribution in [0.5, 0.6) is 0 Å². The minimum atomic E-state index is -3.22. The third kappa shape index (κ3) is 3.76. The third-order valence-corrected chi connectivity index (χ3v) is 9.02. The lowest BCUT2D eigenvalue weighted by atomic mass is 9.95. The Morgan fingerprint density at radius 3 is 2.47 bits per heavy atom. The zero-order valence-corrected chi connectivity index (χ0v) is 19.8. The number of aromatic nitrogens is 4. The minimum Gasteiger partial charge on any atom is -0.395 e. The predicted octanol–water partition coefficient (Wildman–Crippen LogP) is 2.86. The Hall–Kier alpha value is -2.23. The first-order valence-corrected chi connectivity index (χ1v) is 13.6. The smallest absolute Gasteiger partial charge is 0.175 e. The molecule has 0 amide bonds. The number of sulfone groups is 1. The summed E-state index contributed by atoms with van der Waals surface area (Å²) in [6.07, 6.45) is 5.85. The second kappa shape index (κ2) is 7.67. The number of rotatable bonds is 5. The highest BCUT2D eigenvalue weighted by molar-refractivity contribution is 8.00. The minimum absolute atomic E-state index is 0.127. The van der Waals surface area contributed by atoms with E-state index in [9.17, 15) is 13.5 Å². The van der Waals surface area contributed by atoms with Crippen LogP contribution in [0.15, 0.2) is 47.5 Å². The van der Waals surface area contributed by atoms with Gasteiger partial charge < -0.3 is 9.67 Å². The van der Waals surface area contributed by atoms with Crippen LogP contribution in [0, 0.1) is 0 Å². The molecule has 1 N–H and O–H groups in total. The van der Waals surface area contributed by atoms with Gasteiger partial charge in [-0.1, -0.05) is 18.2 Å². The van der Waals surface area contributed by atoms with Gasteiger partial charge in [-0.05, 0) is 43.5 Å². The van der Waals surface area contributed by atoms with Crippen LogP contribution in [0.1, 0.15) is 37.0 Å². The number of hydrogen-bond acceptors (Lipinski definition) is 7. The van der Waals surface area contributed by atoms with Gasteiger partial charge in [0.1, 0.15) is 11.6 Å². The van der Waals surface area contributed by atoms with Gasteiger partial charge in [-0.3, -0.25) is 4.98 Å². The number of benzene rings is 1. The van der Waals surface area contributed by atoms with E-state index < -0.39 is 9.84 Å². The van der Waals surface area contributed by atoms with E-state index in [1.807, 2.05) is 12.3 Å². The van der Waals surface area contributed by atoms with Crippen molar-refractivity contribution in [3.63, 3.8) is 0 Å². The van der Waals surface area contributed by atoms with Gasteiger partial charge in [0.05, 0.1) is 22.6 Å². The summed E-state index contributed by atoms with van der Waals surface area (Å²) in [5.41, 5.74) is 2.66. The quantitative estimate of drug-likeness (QED) is 0.612. The van der Waals surface area contributed by atoms with Crippen LogP contribution >= 0.6 is 11.8 Å². The van der Waals surface area contributed by atoms with Crippen molar-refractivity contribution in [3.05, 3.63) is 59.8 Å². The topological polar surface area (TPSA) is 98.0 Å². The van der Waals surface area contributed by atoms with E-state index in [1.165, 1.54) is 6.26 Å². The molecule has 5 rings (SSSR count). The van der Waals surface area contributed by atoms with E-state index in [2.05, 4.69) is 32.7 Å². The van der Waals surface area contributed by atoms with Gasteiger partial charge in [-0.25, -0.2) is 8.42 Å². The Bertz CT molecular complexity index is 1250. The fraction of sp³-hybridized carbons (Fsp3) is 0.435. The molecular weight excluding hydrogens is 444 g/mol. The van der Waals surface area contributed by atoms with Crippen molar-refractivity contribution in [1.29, 1.82) is 0 Å². The highest BCUT2D eigenvalue weighted by Gasteiger charge is 2.51. The first kappa shape index (κ1) is 21.6. The Morgan fingerprint density at radius 1 is 1.12 bits per heavy atom. The average molecular weight is 471 g/mol. The predicted molar refractivity (Wildman–Crippen MR) is 124 cm³/mol. The van der Waals surface area contributed by atoms with Crippen LogP contribution in [-0.4, -0.2) is 56.6 Å². The van der Waals surface area contributed by atoms with Crippen LogP contribution in [0.3, 0.4) is 0 Å². The van der Waals surface area contributed by atoms with Crippen molar-refractivity contribution in [3.8, 4) is 11.3 Å². The molecule has 1 aliphatic carbocycles. The van der Waals surface area contributed by atoms with Crippen molar-refractivity contribution in [1.82, 2.24) is 19.7 Å². The van der Waals surface area contributed by atoms with Crippen LogP contribution in [0.25, 0.3) is 11.3 Å². The van der Waals surface area contributed by atoms with E-state index in [1.54, 1.807) is 36.0 Å². The number of aliphatic hydroxyl groups excluding tert-OH is 1. The van der Waals surface area contributed by atoms with Crippen molar-refractivity contribution in [2.24, 2.45) is 0 Å². The van der Waals surface area contributed by atoms with Crippen LogP contribution in [0.2, 0.25) is 0 Å². The molecular formula is C23H26N4O3S2. The maximum atomic E-state index is 11.7. The summed E-state index contributed by atoms with van der Waals surface area (Å²) in [4.78, 5) is 4.98. The summed E-state index contributed by atoms with van der Waals surface area (Å²) in [6, 6.07) is 10.9. The molecule has 1 fully saturated rings. The van der Waals surface area contributed by atoms with Gasteiger partial charge in [0.2, 0.25) is 0 Å². The summed E-state index contributed by atoms with van der Waals surface area (Å²) in [5, 5.41) is 18.9. The molecule has 32 heavy (non-hydrogen) atoms. The number of pyridine rings is 1. The Kier molecular flexibility index (Phi) is 5.18. The van der Waals surface area contributed by atoms with E-state index in [0.29, 0.717) is 11.3 Å². The van der Waals surface area contributed by atoms with Gasteiger partial charge >= 0.3 is 0 Å². The van der Waals surface area contributed by atoms with Crippen molar-refractivity contribution in [2.75, 3.05) is 18.6 Å². The van der Waals surface area contributed by atoms with E-state index in [4.69, 9.17) is 0 Å². The summed E-state index contributed by atoms with van der Waals surface area (Å²) in [6.45, 7) is 3.05. The highest BCUT2D eigenvalue weighted by atomic mass is 32.2. The van der Waals surface area contributed by atoms with Gasteiger partial charge in [-0.15, -0.1) is 10.2 Å². The first-order chi connectivity index (χ1) is 15.2. The molecule has 1 aromatic carbocycles. The molecule has 0 unspecified atom stereocenters. The van der Waals surface area contributed by atoms with Crippen molar-refractivity contribution < 1.29 is 13.5 Å². The number of aliphatic hydroxyl groups is 1. The van der Waals surface area contributed by atoms with Crippen molar-refractivity contribution >= 4 is 21.6 Å².